The molecule has 0 saturated carbocycles. The summed E-state index contributed by atoms with van der Waals surface area (Å²) in [7, 11) is 2.90. The van der Waals surface area contributed by atoms with Gasteiger partial charge in [0, 0.05) is 0 Å². The summed E-state index contributed by atoms with van der Waals surface area (Å²) >= 11 is 1.13. The number of hydrogen-bond acceptors (Lipinski definition) is 7. The van der Waals surface area contributed by atoms with Gasteiger partial charge in [-0.15, -0.1) is 10.2 Å². The minimum Gasteiger partial charge on any atom is -0.497 e. The summed E-state index contributed by atoms with van der Waals surface area (Å²) in [5.74, 6) is 0.860. The van der Waals surface area contributed by atoms with Crippen molar-refractivity contribution in [2.75, 3.05) is 14.2 Å². The van der Waals surface area contributed by atoms with Gasteiger partial charge in [0.05, 0.1) is 19.9 Å². The number of esters is 1. The van der Waals surface area contributed by atoms with Crippen molar-refractivity contribution in [2.45, 2.75) is 23.9 Å². The number of halogens is 1. The fourth-order valence-corrected chi connectivity index (χ4v) is 3.44. The van der Waals surface area contributed by atoms with E-state index in [0.29, 0.717) is 22.5 Å². The van der Waals surface area contributed by atoms with E-state index in [0.717, 1.165) is 11.8 Å². The van der Waals surface area contributed by atoms with Gasteiger partial charge >= 0.3 is 5.97 Å². The van der Waals surface area contributed by atoms with Gasteiger partial charge in [-0.3, -0.25) is 9.36 Å². The summed E-state index contributed by atoms with van der Waals surface area (Å²) in [5, 5.41) is 8.10. The molecular formula is C20H20FN3O4S. The summed E-state index contributed by atoms with van der Waals surface area (Å²) < 4.78 is 31.7. The van der Waals surface area contributed by atoms with E-state index in [9.17, 15) is 9.18 Å². The van der Waals surface area contributed by atoms with Crippen molar-refractivity contribution in [3.8, 4) is 17.2 Å². The number of methoxy groups -OCH3 is 2. The molecule has 0 fully saturated rings. The van der Waals surface area contributed by atoms with E-state index in [1.54, 1.807) is 61.1 Å². The number of aromatic nitrogens is 3. The van der Waals surface area contributed by atoms with Gasteiger partial charge in [-0.1, -0.05) is 23.9 Å². The molecule has 29 heavy (non-hydrogen) atoms. The first kappa shape index (κ1) is 20.7. The number of para-hydroxylation sites is 1. The quantitative estimate of drug-likeness (QED) is 0.409. The molecule has 0 amide bonds. The molecule has 1 aromatic heterocycles. The molecular weight excluding hydrogens is 397 g/mol. The molecule has 7 nitrogen and oxygen atoms in total. The van der Waals surface area contributed by atoms with Crippen molar-refractivity contribution in [1.29, 1.82) is 0 Å². The van der Waals surface area contributed by atoms with Crippen LogP contribution in [0.4, 0.5) is 4.39 Å². The number of rotatable bonds is 8. The number of nitrogens with zero attached hydrogens (tertiary/aromatic N) is 3. The van der Waals surface area contributed by atoms with Crippen LogP contribution in [0.1, 0.15) is 12.7 Å². The third kappa shape index (κ3) is 4.86. The first-order chi connectivity index (χ1) is 14.0. The largest absolute Gasteiger partial charge is 0.497 e. The minimum absolute atomic E-state index is 0.0564. The molecule has 152 valence electrons. The first-order valence-corrected chi connectivity index (χ1v) is 9.62. The lowest BCUT2D eigenvalue weighted by atomic mass is 10.3. The molecule has 0 aliphatic heterocycles. The van der Waals surface area contributed by atoms with Gasteiger partial charge in [-0.05, 0) is 43.3 Å². The Morgan fingerprint density at radius 1 is 1.10 bits per heavy atom. The van der Waals surface area contributed by atoms with Gasteiger partial charge in [0.1, 0.15) is 29.2 Å². The van der Waals surface area contributed by atoms with Crippen LogP contribution in [0.25, 0.3) is 5.69 Å². The van der Waals surface area contributed by atoms with Crippen molar-refractivity contribution in [3.63, 3.8) is 0 Å². The Morgan fingerprint density at radius 2 is 1.79 bits per heavy atom. The van der Waals surface area contributed by atoms with Gasteiger partial charge in [0.15, 0.2) is 11.0 Å². The van der Waals surface area contributed by atoms with Crippen LogP contribution in [-0.2, 0) is 16.1 Å². The van der Waals surface area contributed by atoms with Gasteiger partial charge in [-0.2, -0.15) is 0 Å². The van der Waals surface area contributed by atoms with E-state index in [-0.39, 0.29) is 12.3 Å². The second-order valence-electron chi connectivity index (χ2n) is 5.93. The van der Waals surface area contributed by atoms with Crippen molar-refractivity contribution in [2.24, 2.45) is 0 Å². The molecule has 1 atom stereocenters. The predicted octanol–water partition coefficient (Wildman–Crippen LogP) is 3.65. The highest BCUT2D eigenvalue weighted by molar-refractivity contribution is 8.00. The van der Waals surface area contributed by atoms with E-state index >= 15 is 0 Å². The average molecular weight is 417 g/mol. The Hall–Kier alpha value is -3.07. The maximum Gasteiger partial charge on any atom is 0.318 e. The molecule has 1 unspecified atom stereocenters. The molecule has 0 aliphatic carbocycles. The molecule has 3 aromatic rings. The number of hydrogen-bond donors (Lipinski definition) is 0. The van der Waals surface area contributed by atoms with Crippen LogP contribution in [-0.4, -0.2) is 40.2 Å². The summed E-state index contributed by atoms with van der Waals surface area (Å²) in [6, 6.07) is 13.3. The lowest BCUT2D eigenvalue weighted by molar-refractivity contribution is -0.139. The first-order valence-electron chi connectivity index (χ1n) is 8.74. The van der Waals surface area contributed by atoms with Crippen LogP contribution in [0.3, 0.4) is 0 Å². The summed E-state index contributed by atoms with van der Waals surface area (Å²) in [6.07, 6.45) is 0. The molecule has 9 heteroatoms. The molecule has 0 spiro atoms. The maximum absolute atomic E-state index is 14.5. The number of benzene rings is 2. The fraction of sp³-hybridized carbons (Fsp3) is 0.250. The van der Waals surface area contributed by atoms with E-state index in [2.05, 4.69) is 10.2 Å². The summed E-state index contributed by atoms with van der Waals surface area (Å²) in [4.78, 5) is 11.8. The zero-order valence-electron chi connectivity index (χ0n) is 16.2. The minimum atomic E-state index is -0.537. The number of thioether (sulfide) groups is 1. The number of carbonyl (C=O) groups is 1. The molecule has 0 bridgehead atoms. The zero-order chi connectivity index (χ0) is 20.8. The Labute approximate surface area is 171 Å². The summed E-state index contributed by atoms with van der Waals surface area (Å²) in [6.45, 7) is 1.74. The Balaban J connectivity index is 1.89. The normalized spacial score (nSPS) is 11.7. The number of ether oxygens (including phenoxy) is 3. The van der Waals surface area contributed by atoms with E-state index < -0.39 is 17.0 Å². The SMILES string of the molecule is COC(=O)C(C)Sc1nnc(COc2ccc(OC)cc2)n1-c1ccccc1F. The average Bonchev–Trinajstić information content (AvgIpc) is 3.14. The molecule has 3 rings (SSSR count). The second kappa shape index (κ2) is 9.42. The third-order valence-electron chi connectivity index (χ3n) is 4.04. The Kier molecular flexibility index (Phi) is 6.71. The molecule has 0 saturated heterocycles. The lowest BCUT2D eigenvalue weighted by Gasteiger charge is -2.13. The third-order valence-corrected chi connectivity index (χ3v) is 5.06. The summed E-state index contributed by atoms with van der Waals surface area (Å²) in [5.41, 5.74) is 0.269. The molecule has 0 aliphatic rings. The van der Waals surface area contributed by atoms with Crippen molar-refractivity contribution < 1.29 is 23.4 Å². The Morgan fingerprint density at radius 3 is 2.45 bits per heavy atom. The van der Waals surface area contributed by atoms with Crippen molar-refractivity contribution >= 4 is 17.7 Å². The highest BCUT2D eigenvalue weighted by atomic mass is 32.2. The zero-order valence-corrected chi connectivity index (χ0v) is 17.0. The van der Waals surface area contributed by atoms with Crippen molar-refractivity contribution in [3.05, 3.63) is 60.2 Å². The van der Waals surface area contributed by atoms with E-state index in [4.69, 9.17) is 14.2 Å². The van der Waals surface area contributed by atoms with Crippen LogP contribution in [0.2, 0.25) is 0 Å². The van der Waals surface area contributed by atoms with Crippen LogP contribution in [0.5, 0.6) is 11.5 Å². The molecule has 0 N–H and O–H groups in total. The van der Waals surface area contributed by atoms with Crippen LogP contribution >= 0.6 is 11.8 Å². The standard InChI is InChI=1S/C20H20FN3O4S/c1-13(19(25)27-3)29-20-23-22-18(24(20)17-7-5-4-6-16(17)21)12-28-15-10-8-14(26-2)9-11-15/h4-11,13H,12H2,1-3H3. The Bertz CT molecular complexity index is 978. The van der Waals surface area contributed by atoms with Gasteiger partial charge in [0.2, 0.25) is 0 Å². The van der Waals surface area contributed by atoms with Crippen LogP contribution < -0.4 is 9.47 Å². The molecule has 2 aromatic carbocycles. The van der Waals surface area contributed by atoms with Crippen LogP contribution in [0, 0.1) is 5.82 Å². The monoisotopic (exact) mass is 417 g/mol. The van der Waals surface area contributed by atoms with E-state index in [1.807, 2.05) is 0 Å². The lowest BCUT2D eigenvalue weighted by Crippen LogP contribution is -2.16. The predicted molar refractivity (Wildman–Crippen MR) is 106 cm³/mol. The van der Waals surface area contributed by atoms with Gasteiger partial charge < -0.3 is 14.2 Å². The number of carbonyl (C=O) groups excluding carboxylic acids is 1. The van der Waals surface area contributed by atoms with Gasteiger partial charge in [-0.25, -0.2) is 4.39 Å². The maximum atomic E-state index is 14.5. The topological polar surface area (TPSA) is 75.5 Å². The molecule has 0 radical (unpaired) electrons. The van der Waals surface area contributed by atoms with Crippen molar-refractivity contribution in [1.82, 2.24) is 14.8 Å². The van der Waals surface area contributed by atoms with Gasteiger partial charge in [0.25, 0.3) is 0 Å². The smallest absolute Gasteiger partial charge is 0.318 e. The van der Waals surface area contributed by atoms with Crippen LogP contribution in [0.15, 0.2) is 53.7 Å². The molecule has 1 heterocycles. The highest BCUT2D eigenvalue weighted by Crippen LogP contribution is 2.28. The highest BCUT2D eigenvalue weighted by Gasteiger charge is 2.23. The fourth-order valence-electron chi connectivity index (χ4n) is 2.54. The van der Waals surface area contributed by atoms with E-state index in [1.165, 1.54) is 13.2 Å². The second-order valence-corrected chi connectivity index (χ2v) is 7.24.